The molecule has 0 radical (unpaired) electrons. The lowest BCUT2D eigenvalue weighted by Crippen LogP contribution is -2.49. The average molecular weight is 241 g/mol. The molecule has 1 aliphatic rings. The fourth-order valence-electron chi connectivity index (χ4n) is 2.16. The van der Waals surface area contributed by atoms with Crippen LogP contribution in [0.1, 0.15) is 33.6 Å². The Bertz CT molecular complexity index is 223. The minimum Gasteiger partial charge on any atom is -0.340 e. The molecule has 0 atom stereocenters. The number of nitrogens with one attached hydrogen (secondary N) is 1. The number of amides is 1. The van der Waals surface area contributed by atoms with Gasteiger partial charge in [0.1, 0.15) is 0 Å². The molecule has 0 spiro atoms. The summed E-state index contributed by atoms with van der Waals surface area (Å²) in [5.74, 6) is 0.300. The van der Waals surface area contributed by atoms with Crippen LogP contribution in [0.2, 0.25) is 0 Å². The second kappa shape index (κ2) is 7.67. The first-order valence-electron chi connectivity index (χ1n) is 6.87. The first-order chi connectivity index (χ1) is 8.13. The van der Waals surface area contributed by atoms with Gasteiger partial charge in [-0.05, 0) is 13.0 Å². The molecule has 1 N–H and O–H groups in total. The van der Waals surface area contributed by atoms with E-state index in [1.807, 2.05) is 4.90 Å². The summed E-state index contributed by atoms with van der Waals surface area (Å²) in [6.07, 6.45) is 1.83. The van der Waals surface area contributed by atoms with Crippen molar-refractivity contribution in [2.24, 2.45) is 0 Å². The smallest absolute Gasteiger partial charge is 0.223 e. The van der Waals surface area contributed by atoms with Crippen LogP contribution in [-0.2, 0) is 4.79 Å². The van der Waals surface area contributed by atoms with E-state index in [0.29, 0.717) is 18.4 Å². The summed E-state index contributed by atoms with van der Waals surface area (Å²) >= 11 is 0. The summed E-state index contributed by atoms with van der Waals surface area (Å²) in [5.41, 5.74) is 0. The molecule has 0 aromatic heterocycles. The van der Waals surface area contributed by atoms with E-state index in [1.54, 1.807) is 0 Å². The number of rotatable bonds is 6. The second-order valence-corrected chi connectivity index (χ2v) is 5.08. The summed E-state index contributed by atoms with van der Waals surface area (Å²) in [7, 11) is 0. The largest absolute Gasteiger partial charge is 0.340 e. The normalized spacial score (nSPS) is 17.8. The Kier molecular flexibility index (Phi) is 6.52. The number of piperazine rings is 1. The first-order valence-corrected chi connectivity index (χ1v) is 6.87. The van der Waals surface area contributed by atoms with Crippen molar-refractivity contribution in [3.63, 3.8) is 0 Å². The van der Waals surface area contributed by atoms with Crippen molar-refractivity contribution < 1.29 is 4.79 Å². The van der Waals surface area contributed by atoms with Crippen LogP contribution in [0.3, 0.4) is 0 Å². The number of hydrogen-bond donors (Lipinski definition) is 1. The first kappa shape index (κ1) is 14.5. The van der Waals surface area contributed by atoms with Gasteiger partial charge in [-0.15, -0.1) is 0 Å². The maximum absolute atomic E-state index is 11.9. The van der Waals surface area contributed by atoms with Gasteiger partial charge >= 0.3 is 0 Å². The molecule has 0 aromatic rings. The van der Waals surface area contributed by atoms with E-state index in [0.717, 1.165) is 39.3 Å². The minimum absolute atomic E-state index is 0.300. The predicted molar refractivity (Wildman–Crippen MR) is 71.1 cm³/mol. The van der Waals surface area contributed by atoms with Crippen molar-refractivity contribution in [1.82, 2.24) is 15.1 Å². The van der Waals surface area contributed by atoms with Crippen LogP contribution in [0.25, 0.3) is 0 Å². The lowest BCUT2D eigenvalue weighted by molar-refractivity contribution is -0.132. The summed E-state index contributed by atoms with van der Waals surface area (Å²) in [6, 6.07) is 0.462. The van der Waals surface area contributed by atoms with E-state index in [4.69, 9.17) is 0 Å². The fourth-order valence-corrected chi connectivity index (χ4v) is 2.16. The molecule has 1 amide bonds. The van der Waals surface area contributed by atoms with Gasteiger partial charge in [0.25, 0.3) is 0 Å². The SMILES string of the molecule is CCCN1CCN(C(=O)CCNC(C)C)CC1. The maximum Gasteiger partial charge on any atom is 0.223 e. The van der Waals surface area contributed by atoms with Crippen LogP contribution in [0.15, 0.2) is 0 Å². The van der Waals surface area contributed by atoms with Gasteiger partial charge in [-0.3, -0.25) is 9.69 Å². The second-order valence-electron chi connectivity index (χ2n) is 5.08. The molecule has 1 rings (SSSR count). The molecule has 4 heteroatoms. The molecule has 0 aliphatic carbocycles. The third-order valence-corrected chi connectivity index (χ3v) is 3.16. The Morgan fingerprint density at radius 2 is 1.88 bits per heavy atom. The molecule has 0 unspecified atom stereocenters. The lowest BCUT2D eigenvalue weighted by Gasteiger charge is -2.34. The molecular formula is C13H27N3O. The zero-order valence-electron chi connectivity index (χ0n) is 11.5. The third kappa shape index (κ3) is 5.50. The third-order valence-electron chi connectivity index (χ3n) is 3.16. The van der Waals surface area contributed by atoms with Crippen molar-refractivity contribution in [3.05, 3.63) is 0 Å². The van der Waals surface area contributed by atoms with E-state index in [-0.39, 0.29) is 0 Å². The monoisotopic (exact) mass is 241 g/mol. The van der Waals surface area contributed by atoms with Gasteiger partial charge < -0.3 is 10.2 Å². The Balaban J connectivity index is 2.17. The number of hydrogen-bond acceptors (Lipinski definition) is 3. The molecule has 1 aliphatic heterocycles. The predicted octanol–water partition coefficient (Wildman–Crippen LogP) is 0.929. The van der Waals surface area contributed by atoms with Gasteiger partial charge in [-0.1, -0.05) is 20.8 Å². The Hall–Kier alpha value is -0.610. The van der Waals surface area contributed by atoms with Crippen molar-refractivity contribution >= 4 is 5.91 Å². The highest BCUT2D eigenvalue weighted by molar-refractivity contribution is 5.76. The van der Waals surface area contributed by atoms with Crippen molar-refractivity contribution in [2.45, 2.75) is 39.7 Å². The van der Waals surface area contributed by atoms with E-state index < -0.39 is 0 Å². The van der Waals surface area contributed by atoms with Crippen molar-refractivity contribution in [2.75, 3.05) is 39.3 Å². The summed E-state index contributed by atoms with van der Waals surface area (Å²) in [5, 5.41) is 3.29. The van der Waals surface area contributed by atoms with E-state index in [1.165, 1.54) is 6.42 Å². The van der Waals surface area contributed by atoms with E-state index >= 15 is 0 Å². The zero-order valence-corrected chi connectivity index (χ0v) is 11.5. The molecule has 1 saturated heterocycles. The van der Waals surface area contributed by atoms with Crippen LogP contribution in [0.4, 0.5) is 0 Å². The fraction of sp³-hybridized carbons (Fsp3) is 0.923. The van der Waals surface area contributed by atoms with Crippen LogP contribution < -0.4 is 5.32 Å². The quantitative estimate of drug-likeness (QED) is 0.751. The van der Waals surface area contributed by atoms with Crippen LogP contribution in [0, 0.1) is 0 Å². The van der Waals surface area contributed by atoms with Gasteiger partial charge in [-0.2, -0.15) is 0 Å². The zero-order chi connectivity index (χ0) is 12.7. The van der Waals surface area contributed by atoms with Crippen molar-refractivity contribution in [3.8, 4) is 0 Å². The minimum atomic E-state index is 0.300. The van der Waals surface area contributed by atoms with E-state index in [2.05, 4.69) is 31.0 Å². The van der Waals surface area contributed by atoms with Crippen LogP contribution >= 0.6 is 0 Å². The van der Waals surface area contributed by atoms with E-state index in [9.17, 15) is 4.79 Å². The van der Waals surface area contributed by atoms with Gasteiger partial charge in [-0.25, -0.2) is 0 Å². The van der Waals surface area contributed by atoms with Gasteiger partial charge in [0.2, 0.25) is 5.91 Å². The Labute approximate surface area is 105 Å². The molecule has 0 aromatic carbocycles. The molecule has 0 saturated carbocycles. The van der Waals surface area contributed by atoms with Gasteiger partial charge in [0, 0.05) is 45.2 Å². The molecule has 100 valence electrons. The maximum atomic E-state index is 11.9. The highest BCUT2D eigenvalue weighted by atomic mass is 16.2. The highest BCUT2D eigenvalue weighted by Crippen LogP contribution is 2.04. The molecular weight excluding hydrogens is 214 g/mol. The molecule has 17 heavy (non-hydrogen) atoms. The van der Waals surface area contributed by atoms with Gasteiger partial charge in [0.05, 0.1) is 0 Å². The average Bonchev–Trinajstić information content (AvgIpc) is 2.30. The standard InChI is InChI=1S/C13H27N3O/c1-4-7-15-8-10-16(11-9-15)13(17)5-6-14-12(2)3/h12,14H,4-11H2,1-3H3. The Morgan fingerprint density at radius 1 is 1.24 bits per heavy atom. The summed E-state index contributed by atoms with van der Waals surface area (Å²) < 4.78 is 0. The van der Waals surface area contributed by atoms with Crippen LogP contribution in [-0.4, -0.2) is 61.0 Å². The number of carbonyl (C=O) groups excluding carboxylic acids is 1. The molecule has 4 nitrogen and oxygen atoms in total. The summed E-state index contributed by atoms with van der Waals surface area (Å²) in [6.45, 7) is 12.3. The van der Waals surface area contributed by atoms with Crippen LogP contribution in [0.5, 0.6) is 0 Å². The number of carbonyl (C=O) groups is 1. The topological polar surface area (TPSA) is 35.6 Å². The molecule has 1 heterocycles. The molecule has 1 fully saturated rings. The highest BCUT2D eigenvalue weighted by Gasteiger charge is 2.19. The van der Waals surface area contributed by atoms with Crippen molar-refractivity contribution in [1.29, 1.82) is 0 Å². The Morgan fingerprint density at radius 3 is 2.41 bits per heavy atom. The van der Waals surface area contributed by atoms with Gasteiger partial charge in [0.15, 0.2) is 0 Å². The molecule has 0 bridgehead atoms. The number of nitrogens with zero attached hydrogens (tertiary/aromatic N) is 2. The summed E-state index contributed by atoms with van der Waals surface area (Å²) in [4.78, 5) is 16.4. The lowest BCUT2D eigenvalue weighted by atomic mass is 10.2.